The summed E-state index contributed by atoms with van der Waals surface area (Å²) in [6, 6.07) is 5.98. The summed E-state index contributed by atoms with van der Waals surface area (Å²) in [5.74, 6) is 1.51. The van der Waals surface area contributed by atoms with Gasteiger partial charge in [-0.15, -0.1) is 0 Å². The summed E-state index contributed by atoms with van der Waals surface area (Å²) < 4.78 is 5.26. The van der Waals surface area contributed by atoms with E-state index < -0.39 is 0 Å². The Hall–Kier alpha value is -0.930. The van der Waals surface area contributed by atoms with Crippen molar-refractivity contribution in [3.05, 3.63) is 23.2 Å². The first-order chi connectivity index (χ1) is 7.69. The summed E-state index contributed by atoms with van der Waals surface area (Å²) in [4.78, 5) is 0. The van der Waals surface area contributed by atoms with Gasteiger partial charge in [0, 0.05) is 17.6 Å². The number of hydrogen-bond acceptors (Lipinski definition) is 3. The van der Waals surface area contributed by atoms with Gasteiger partial charge in [-0.25, -0.2) is 0 Å². The quantitative estimate of drug-likeness (QED) is 0.850. The lowest BCUT2D eigenvalue weighted by molar-refractivity contribution is 0.280. The van der Waals surface area contributed by atoms with E-state index in [-0.39, 0.29) is 0 Å². The lowest BCUT2D eigenvalue weighted by Gasteiger charge is -2.32. The van der Waals surface area contributed by atoms with Crippen LogP contribution in [0.25, 0.3) is 0 Å². The Balaban J connectivity index is 1.94. The Morgan fingerprint density at radius 1 is 1.50 bits per heavy atom. The Kier molecular flexibility index (Phi) is 3.56. The Morgan fingerprint density at radius 3 is 2.88 bits per heavy atom. The van der Waals surface area contributed by atoms with E-state index in [0.29, 0.717) is 17.0 Å². The van der Waals surface area contributed by atoms with Gasteiger partial charge < -0.3 is 15.8 Å². The molecule has 88 valence electrons. The normalized spacial score (nSPS) is 23.7. The molecule has 1 aromatic carbocycles. The topological polar surface area (TPSA) is 47.3 Å². The molecule has 1 saturated carbocycles. The molecule has 0 unspecified atom stereocenters. The van der Waals surface area contributed by atoms with Crippen molar-refractivity contribution in [3.63, 3.8) is 0 Å². The number of anilines is 1. The highest BCUT2D eigenvalue weighted by atomic mass is 35.5. The molecule has 1 aliphatic rings. The molecule has 0 heterocycles. The first kappa shape index (κ1) is 11.6. The highest BCUT2D eigenvalue weighted by Gasteiger charge is 2.25. The zero-order valence-electron chi connectivity index (χ0n) is 9.37. The molecule has 0 bridgehead atoms. The van der Waals surface area contributed by atoms with Crippen molar-refractivity contribution in [2.75, 3.05) is 19.0 Å². The molecule has 1 aliphatic carbocycles. The Labute approximate surface area is 101 Å². The first-order valence-electron chi connectivity index (χ1n) is 5.52. The monoisotopic (exact) mass is 240 g/mol. The lowest BCUT2D eigenvalue weighted by Crippen LogP contribution is -2.39. The van der Waals surface area contributed by atoms with E-state index >= 15 is 0 Å². The first-order valence-corrected chi connectivity index (χ1v) is 5.90. The van der Waals surface area contributed by atoms with Gasteiger partial charge in [0.2, 0.25) is 0 Å². The van der Waals surface area contributed by atoms with Gasteiger partial charge in [-0.2, -0.15) is 0 Å². The third-order valence-corrected chi connectivity index (χ3v) is 3.25. The molecule has 0 aliphatic heterocycles. The number of nitrogens with one attached hydrogen (secondary N) is 1. The number of rotatable bonds is 4. The standard InChI is InChI=1S/C12H17ClN2O/c1-16-12-3-2-9(13)6-11(12)15-7-8-4-10(14)5-8/h2-3,6,8,10,15H,4-5,7,14H2,1H3. The van der Waals surface area contributed by atoms with Gasteiger partial charge in [-0.3, -0.25) is 0 Å². The summed E-state index contributed by atoms with van der Waals surface area (Å²) in [5, 5.41) is 4.08. The van der Waals surface area contributed by atoms with Gasteiger partial charge in [-0.1, -0.05) is 11.6 Å². The summed E-state index contributed by atoms with van der Waals surface area (Å²) in [5.41, 5.74) is 6.70. The average Bonchev–Trinajstić information content (AvgIpc) is 2.23. The smallest absolute Gasteiger partial charge is 0.142 e. The van der Waals surface area contributed by atoms with Crippen LogP contribution in [0.1, 0.15) is 12.8 Å². The summed E-state index contributed by atoms with van der Waals surface area (Å²) >= 11 is 5.94. The molecule has 0 aromatic heterocycles. The van der Waals surface area contributed by atoms with Gasteiger partial charge in [-0.05, 0) is 37.0 Å². The van der Waals surface area contributed by atoms with Crippen molar-refractivity contribution in [1.82, 2.24) is 0 Å². The maximum absolute atomic E-state index is 5.94. The Bertz CT molecular complexity index is 364. The molecule has 0 saturated heterocycles. The number of methoxy groups -OCH3 is 1. The van der Waals surface area contributed by atoms with Crippen LogP contribution in [0.15, 0.2) is 18.2 Å². The van der Waals surface area contributed by atoms with Crippen molar-refractivity contribution < 1.29 is 4.74 Å². The maximum atomic E-state index is 5.94. The third-order valence-electron chi connectivity index (χ3n) is 3.01. The number of nitrogens with two attached hydrogens (primary N) is 1. The average molecular weight is 241 g/mol. The minimum Gasteiger partial charge on any atom is -0.495 e. The number of hydrogen-bond donors (Lipinski definition) is 2. The van der Waals surface area contributed by atoms with Gasteiger partial charge in [0.15, 0.2) is 0 Å². The zero-order chi connectivity index (χ0) is 11.5. The number of halogens is 1. The van der Waals surface area contributed by atoms with E-state index in [9.17, 15) is 0 Å². The maximum Gasteiger partial charge on any atom is 0.142 e. The molecular formula is C12H17ClN2O. The Morgan fingerprint density at radius 2 is 2.25 bits per heavy atom. The lowest BCUT2D eigenvalue weighted by atomic mass is 9.81. The van der Waals surface area contributed by atoms with Crippen LogP contribution in [0.3, 0.4) is 0 Å². The SMILES string of the molecule is COc1ccc(Cl)cc1NCC1CC(N)C1. The largest absolute Gasteiger partial charge is 0.495 e. The molecule has 0 radical (unpaired) electrons. The molecule has 2 rings (SSSR count). The molecule has 0 amide bonds. The van der Waals surface area contributed by atoms with Crippen LogP contribution >= 0.6 is 11.6 Å². The van der Waals surface area contributed by atoms with E-state index in [2.05, 4.69) is 5.32 Å². The van der Waals surface area contributed by atoms with Crippen molar-refractivity contribution in [2.45, 2.75) is 18.9 Å². The molecular weight excluding hydrogens is 224 g/mol. The van der Waals surface area contributed by atoms with Crippen molar-refractivity contribution in [2.24, 2.45) is 11.7 Å². The van der Waals surface area contributed by atoms with E-state index in [1.165, 1.54) is 0 Å². The minimum absolute atomic E-state index is 0.396. The van der Waals surface area contributed by atoms with Gasteiger partial charge in [0.25, 0.3) is 0 Å². The fourth-order valence-corrected chi connectivity index (χ4v) is 2.20. The molecule has 0 atom stereocenters. The number of ether oxygens (including phenoxy) is 1. The van der Waals surface area contributed by atoms with Crippen molar-refractivity contribution in [1.29, 1.82) is 0 Å². The highest BCUT2D eigenvalue weighted by molar-refractivity contribution is 6.30. The summed E-state index contributed by atoms with van der Waals surface area (Å²) in [6.45, 7) is 0.935. The van der Waals surface area contributed by atoms with Crippen LogP contribution < -0.4 is 15.8 Å². The van der Waals surface area contributed by atoms with E-state index in [1.54, 1.807) is 7.11 Å². The second kappa shape index (κ2) is 4.93. The second-order valence-corrected chi connectivity index (χ2v) is 4.76. The molecule has 3 nitrogen and oxygen atoms in total. The molecule has 3 N–H and O–H groups in total. The fraction of sp³-hybridized carbons (Fsp3) is 0.500. The van der Waals surface area contributed by atoms with Crippen LogP contribution in [-0.2, 0) is 0 Å². The van der Waals surface area contributed by atoms with Gasteiger partial charge >= 0.3 is 0 Å². The van der Waals surface area contributed by atoms with Crippen LogP contribution in [0.4, 0.5) is 5.69 Å². The summed E-state index contributed by atoms with van der Waals surface area (Å²) in [6.07, 6.45) is 2.21. The molecule has 1 fully saturated rings. The van der Waals surface area contributed by atoms with E-state index in [4.69, 9.17) is 22.1 Å². The molecule has 4 heteroatoms. The molecule has 16 heavy (non-hydrogen) atoms. The summed E-state index contributed by atoms with van der Waals surface area (Å²) in [7, 11) is 1.66. The van der Waals surface area contributed by atoms with Crippen molar-refractivity contribution in [3.8, 4) is 5.75 Å². The van der Waals surface area contributed by atoms with Crippen LogP contribution in [-0.4, -0.2) is 19.7 Å². The van der Waals surface area contributed by atoms with E-state index in [1.807, 2.05) is 18.2 Å². The fourth-order valence-electron chi connectivity index (χ4n) is 2.03. The van der Waals surface area contributed by atoms with Gasteiger partial charge in [0.1, 0.15) is 5.75 Å². The molecule has 1 aromatic rings. The van der Waals surface area contributed by atoms with Crippen LogP contribution in [0.2, 0.25) is 5.02 Å². The van der Waals surface area contributed by atoms with Crippen molar-refractivity contribution >= 4 is 17.3 Å². The second-order valence-electron chi connectivity index (χ2n) is 4.32. The number of benzene rings is 1. The zero-order valence-corrected chi connectivity index (χ0v) is 10.1. The van der Waals surface area contributed by atoms with Crippen LogP contribution in [0.5, 0.6) is 5.75 Å². The third kappa shape index (κ3) is 2.60. The van der Waals surface area contributed by atoms with Gasteiger partial charge in [0.05, 0.1) is 12.8 Å². The van der Waals surface area contributed by atoms with E-state index in [0.717, 1.165) is 30.8 Å². The highest BCUT2D eigenvalue weighted by Crippen LogP contribution is 2.30. The van der Waals surface area contributed by atoms with Crippen LogP contribution in [0, 0.1) is 5.92 Å². The minimum atomic E-state index is 0.396. The molecule has 0 spiro atoms. The predicted octanol–water partition coefficient (Wildman–Crippen LogP) is 2.50. The predicted molar refractivity (Wildman–Crippen MR) is 67.2 cm³/mol.